The van der Waals surface area contributed by atoms with E-state index < -0.39 is 0 Å². The summed E-state index contributed by atoms with van der Waals surface area (Å²) in [6.07, 6.45) is 6.29. The average molecular weight is 356 g/mol. The molecule has 140 valence electrons. The molecule has 0 heterocycles. The molecule has 0 aliphatic heterocycles. The third-order valence-electron chi connectivity index (χ3n) is 7.44. The number of rotatable bonds is 2. The minimum absolute atomic E-state index is 0.0416. The topological polar surface area (TPSA) is 63.6 Å². The van der Waals surface area contributed by atoms with Gasteiger partial charge in [0.05, 0.1) is 5.56 Å². The van der Waals surface area contributed by atoms with Crippen molar-refractivity contribution in [1.82, 2.24) is 0 Å². The molecule has 3 aliphatic rings. The van der Waals surface area contributed by atoms with Gasteiger partial charge in [-0.3, -0.25) is 9.59 Å². The van der Waals surface area contributed by atoms with Crippen molar-refractivity contribution in [2.75, 3.05) is 0 Å². The van der Waals surface area contributed by atoms with Crippen LogP contribution < -0.4 is 0 Å². The Morgan fingerprint density at radius 1 is 1.15 bits per heavy atom. The van der Waals surface area contributed by atoms with Gasteiger partial charge in [0.1, 0.15) is 11.9 Å². The zero-order valence-electron chi connectivity index (χ0n) is 15.9. The van der Waals surface area contributed by atoms with Crippen LogP contribution in [0.1, 0.15) is 80.3 Å². The number of aromatic hydroxyl groups is 1. The molecule has 4 nitrogen and oxygen atoms in total. The van der Waals surface area contributed by atoms with Crippen molar-refractivity contribution in [3.05, 3.63) is 28.8 Å². The molecule has 1 N–H and O–H groups in total. The quantitative estimate of drug-likeness (QED) is 0.631. The highest BCUT2D eigenvalue weighted by atomic mass is 16.5. The molecule has 5 atom stereocenters. The summed E-state index contributed by atoms with van der Waals surface area (Å²) in [5, 5.41) is 10.2. The van der Waals surface area contributed by atoms with Crippen molar-refractivity contribution in [2.24, 2.45) is 17.3 Å². The van der Waals surface area contributed by atoms with Gasteiger partial charge in [0.15, 0.2) is 5.78 Å². The molecule has 0 aromatic heterocycles. The summed E-state index contributed by atoms with van der Waals surface area (Å²) < 4.78 is 5.68. The monoisotopic (exact) mass is 356 g/mol. The van der Waals surface area contributed by atoms with Gasteiger partial charge in [-0.1, -0.05) is 6.92 Å². The Kier molecular flexibility index (Phi) is 4.13. The second-order valence-electron chi connectivity index (χ2n) is 8.76. The van der Waals surface area contributed by atoms with E-state index in [0.717, 1.165) is 38.5 Å². The summed E-state index contributed by atoms with van der Waals surface area (Å²) in [5.74, 6) is 1.45. The zero-order chi connectivity index (χ0) is 18.6. The summed E-state index contributed by atoms with van der Waals surface area (Å²) in [6, 6.07) is 3.76. The largest absolute Gasteiger partial charge is 0.507 e. The van der Waals surface area contributed by atoms with E-state index >= 15 is 0 Å². The van der Waals surface area contributed by atoms with E-state index in [4.69, 9.17) is 4.74 Å². The number of carbonyl (C=O) groups is 2. The number of phenolic OH excluding ortho intramolecular Hbond substituents is 1. The molecule has 0 radical (unpaired) electrons. The van der Waals surface area contributed by atoms with Gasteiger partial charge in [0.2, 0.25) is 0 Å². The van der Waals surface area contributed by atoms with Gasteiger partial charge in [-0.05, 0) is 86.5 Å². The smallest absolute Gasteiger partial charge is 0.302 e. The fourth-order valence-corrected chi connectivity index (χ4v) is 6.24. The van der Waals surface area contributed by atoms with E-state index in [2.05, 4.69) is 6.92 Å². The van der Waals surface area contributed by atoms with E-state index in [9.17, 15) is 14.7 Å². The highest BCUT2D eigenvalue weighted by Gasteiger charge is 2.56. The molecule has 2 saturated carbocycles. The summed E-state index contributed by atoms with van der Waals surface area (Å²) in [6.45, 7) is 5.33. The van der Waals surface area contributed by atoms with Crippen LogP contribution in [-0.4, -0.2) is 23.0 Å². The lowest BCUT2D eigenvalue weighted by Gasteiger charge is -2.50. The summed E-state index contributed by atoms with van der Waals surface area (Å²) in [7, 11) is 0. The SMILES string of the molecule is CC(=O)O[C@H]1CC[C@H]2[C@@H]3CCc4cc(O)c(C(C)=O)cc4[C@H]3CC[C@]12C. The molecule has 3 aliphatic carbocycles. The number of ether oxygens (including phenoxy) is 1. The van der Waals surface area contributed by atoms with Gasteiger partial charge in [-0.15, -0.1) is 0 Å². The van der Waals surface area contributed by atoms with Gasteiger partial charge >= 0.3 is 5.97 Å². The second-order valence-corrected chi connectivity index (χ2v) is 8.76. The third kappa shape index (κ3) is 2.57. The molecule has 0 bridgehead atoms. The Morgan fingerprint density at radius 3 is 2.62 bits per heavy atom. The molecule has 26 heavy (non-hydrogen) atoms. The number of Topliss-reactive ketones (excluding diaryl/α,β-unsaturated/α-hetero) is 1. The summed E-state index contributed by atoms with van der Waals surface area (Å²) in [4.78, 5) is 23.4. The molecule has 4 heteroatoms. The minimum Gasteiger partial charge on any atom is -0.507 e. The Balaban J connectivity index is 1.67. The van der Waals surface area contributed by atoms with Crippen molar-refractivity contribution >= 4 is 11.8 Å². The zero-order valence-corrected chi connectivity index (χ0v) is 15.9. The number of hydrogen-bond acceptors (Lipinski definition) is 4. The molecule has 1 aromatic rings. The van der Waals surface area contributed by atoms with Crippen LogP contribution in [0.4, 0.5) is 0 Å². The van der Waals surface area contributed by atoms with Crippen LogP contribution in [0.25, 0.3) is 0 Å². The Morgan fingerprint density at radius 2 is 1.92 bits per heavy atom. The molecule has 0 saturated heterocycles. The van der Waals surface area contributed by atoms with Gasteiger partial charge in [-0.25, -0.2) is 0 Å². The number of benzene rings is 1. The van der Waals surface area contributed by atoms with E-state index in [-0.39, 0.29) is 29.0 Å². The highest BCUT2D eigenvalue weighted by Crippen LogP contribution is 2.61. The second kappa shape index (κ2) is 6.11. The molecule has 0 unspecified atom stereocenters. The van der Waals surface area contributed by atoms with Crippen LogP contribution in [0, 0.1) is 17.3 Å². The first-order valence-corrected chi connectivity index (χ1v) is 9.85. The van der Waals surface area contributed by atoms with Gasteiger partial charge in [0.25, 0.3) is 0 Å². The lowest BCUT2D eigenvalue weighted by atomic mass is 9.55. The Hall–Kier alpha value is -1.84. The lowest BCUT2D eigenvalue weighted by Crippen LogP contribution is -2.45. The third-order valence-corrected chi connectivity index (χ3v) is 7.44. The summed E-state index contributed by atoms with van der Waals surface area (Å²) >= 11 is 0. The molecule has 0 spiro atoms. The maximum absolute atomic E-state index is 11.9. The first-order valence-electron chi connectivity index (χ1n) is 9.85. The van der Waals surface area contributed by atoms with E-state index in [1.807, 2.05) is 12.1 Å². The first-order chi connectivity index (χ1) is 12.3. The van der Waals surface area contributed by atoms with Crippen molar-refractivity contribution < 1.29 is 19.4 Å². The van der Waals surface area contributed by atoms with Gasteiger partial charge in [0, 0.05) is 12.3 Å². The Bertz CT molecular complexity index is 768. The molecule has 2 fully saturated rings. The number of aryl methyl sites for hydroxylation is 1. The molecule has 0 amide bonds. The number of carbonyl (C=O) groups excluding carboxylic acids is 2. The van der Waals surface area contributed by atoms with Crippen LogP contribution in [0.5, 0.6) is 5.75 Å². The first kappa shape index (κ1) is 17.6. The fourth-order valence-electron chi connectivity index (χ4n) is 6.24. The molecular formula is C22H28O4. The van der Waals surface area contributed by atoms with Crippen molar-refractivity contribution in [3.63, 3.8) is 0 Å². The van der Waals surface area contributed by atoms with E-state index in [1.54, 1.807) is 0 Å². The standard InChI is InChI=1S/C22H28O4/c1-12(23)17-11-18-14(10-20(17)25)4-5-16-15(18)8-9-22(3)19(16)6-7-21(22)26-13(2)24/h10-11,15-16,19,21,25H,4-9H2,1-3H3/t15-,16+,19-,21-,22-/m0/s1. The number of hydrogen-bond donors (Lipinski definition) is 1. The predicted molar refractivity (Wildman–Crippen MR) is 98.3 cm³/mol. The van der Waals surface area contributed by atoms with Gasteiger partial charge < -0.3 is 9.84 Å². The predicted octanol–water partition coefficient (Wildman–Crippen LogP) is 4.38. The normalized spacial score (nSPS) is 35.2. The molecule has 1 aromatic carbocycles. The van der Waals surface area contributed by atoms with Crippen molar-refractivity contribution in [3.8, 4) is 5.75 Å². The number of phenols is 1. The summed E-state index contributed by atoms with van der Waals surface area (Å²) in [5.41, 5.74) is 2.99. The highest BCUT2D eigenvalue weighted by molar-refractivity contribution is 5.97. The van der Waals surface area contributed by atoms with Crippen LogP contribution in [0.3, 0.4) is 0 Å². The fraction of sp³-hybridized carbons (Fsp3) is 0.636. The van der Waals surface area contributed by atoms with Crippen LogP contribution >= 0.6 is 0 Å². The van der Waals surface area contributed by atoms with E-state index in [1.165, 1.54) is 25.0 Å². The van der Waals surface area contributed by atoms with Crippen molar-refractivity contribution in [1.29, 1.82) is 0 Å². The van der Waals surface area contributed by atoms with Crippen molar-refractivity contribution in [2.45, 2.75) is 71.3 Å². The average Bonchev–Trinajstić information content (AvgIpc) is 2.89. The van der Waals surface area contributed by atoms with Gasteiger partial charge in [-0.2, -0.15) is 0 Å². The van der Waals surface area contributed by atoms with Crippen LogP contribution in [-0.2, 0) is 16.0 Å². The van der Waals surface area contributed by atoms with Crippen LogP contribution in [0.2, 0.25) is 0 Å². The molecule has 4 rings (SSSR count). The maximum atomic E-state index is 11.9. The molecular weight excluding hydrogens is 328 g/mol. The number of esters is 1. The van der Waals surface area contributed by atoms with E-state index in [0.29, 0.717) is 23.3 Å². The lowest BCUT2D eigenvalue weighted by molar-refractivity contribution is -0.154. The number of fused-ring (bicyclic) bond motifs is 5. The number of ketones is 1. The Labute approximate surface area is 154 Å². The minimum atomic E-state index is -0.172. The maximum Gasteiger partial charge on any atom is 0.302 e. The van der Waals surface area contributed by atoms with Crippen LogP contribution in [0.15, 0.2) is 12.1 Å².